The van der Waals surface area contributed by atoms with Crippen molar-refractivity contribution >= 4 is 11.0 Å². The molecule has 0 atom stereocenters. The molecule has 5 nitrogen and oxygen atoms in total. The number of benzene rings is 3. The highest BCUT2D eigenvalue weighted by atomic mass is 19.1. The molecular formula is C23H17FO5. The summed E-state index contributed by atoms with van der Waals surface area (Å²) >= 11 is 0. The third-order valence-electron chi connectivity index (χ3n) is 4.28. The predicted molar refractivity (Wildman–Crippen MR) is 106 cm³/mol. The van der Waals surface area contributed by atoms with E-state index in [1.165, 1.54) is 18.4 Å². The summed E-state index contributed by atoms with van der Waals surface area (Å²) < 4.78 is 35.3. The summed E-state index contributed by atoms with van der Waals surface area (Å²) in [6.07, 6.45) is 1.26. The van der Waals surface area contributed by atoms with Crippen molar-refractivity contribution in [1.82, 2.24) is 0 Å². The predicted octanol–water partition coefficient (Wildman–Crippen LogP) is 5.31. The highest BCUT2D eigenvalue weighted by Gasteiger charge is 2.11. The number of hydrogen-bond acceptors (Lipinski definition) is 5. The zero-order valence-electron chi connectivity index (χ0n) is 15.6. The molecule has 0 unspecified atom stereocenters. The molecule has 0 saturated carbocycles. The number of methoxy groups -OCH3 is 1. The summed E-state index contributed by atoms with van der Waals surface area (Å²) in [5.74, 6) is 1.34. The van der Waals surface area contributed by atoms with Gasteiger partial charge in [0.2, 0.25) is 11.2 Å². The molecule has 29 heavy (non-hydrogen) atoms. The maximum Gasteiger partial charge on any atom is 0.235 e. The zero-order chi connectivity index (χ0) is 20.2. The normalized spacial score (nSPS) is 10.7. The molecular weight excluding hydrogens is 375 g/mol. The summed E-state index contributed by atoms with van der Waals surface area (Å²) in [6, 6.07) is 18.0. The average Bonchev–Trinajstić information content (AvgIpc) is 2.74. The third-order valence-corrected chi connectivity index (χ3v) is 4.28. The minimum atomic E-state index is -0.320. The van der Waals surface area contributed by atoms with E-state index in [4.69, 9.17) is 18.6 Å². The first-order chi connectivity index (χ1) is 14.1. The van der Waals surface area contributed by atoms with Gasteiger partial charge in [-0.3, -0.25) is 4.79 Å². The summed E-state index contributed by atoms with van der Waals surface area (Å²) in [5.41, 5.74) is 0.768. The van der Waals surface area contributed by atoms with E-state index in [0.717, 1.165) is 0 Å². The molecule has 3 aromatic carbocycles. The Bertz CT molecular complexity index is 1220. The molecule has 0 aliphatic rings. The Balaban J connectivity index is 1.55. The van der Waals surface area contributed by atoms with Crippen LogP contribution >= 0.6 is 0 Å². The van der Waals surface area contributed by atoms with E-state index in [9.17, 15) is 9.18 Å². The Morgan fingerprint density at radius 3 is 2.59 bits per heavy atom. The average molecular weight is 392 g/mol. The van der Waals surface area contributed by atoms with Gasteiger partial charge >= 0.3 is 0 Å². The van der Waals surface area contributed by atoms with Crippen molar-refractivity contribution in [1.29, 1.82) is 0 Å². The van der Waals surface area contributed by atoms with E-state index < -0.39 is 0 Å². The van der Waals surface area contributed by atoms with Gasteiger partial charge in [-0.05, 0) is 42.0 Å². The summed E-state index contributed by atoms with van der Waals surface area (Å²) in [7, 11) is 1.55. The lowest BCUT2D eigenvalue weighted by Crippen LogP contribution is -2.05. The first-order valence-corrected chi connectivity index (χ1v) is 8.87. The van der Waals surface area contributed by atoms with Gasteiger partial charge in [0.1, 0.15) is 41.5 Å². The SMILES string of the molecule is COc1cccc(Oc2coc3cc(OCc4cccc(F)c4)ccc3c2=O)c1. The van der Waals surface area contributed by atoms with Crippen LogP contribution < -0.4 is 19.6 Å². The topological polar surface area (TPSA) is 57.9 Å². The van der Waals surface area contributed by atoms with Crippen molar-refractivity contribution in [3.05, 3.63) is 94.6 Å². The highest BCUT2D eigenvalue weighted by Crippen LogP contribution is 2.26. The molecule has 4 aromatic rings. The first kappa shape index (κ1) is 18.6. The third kappa shape index (κ3) is 4.21. The van der Waals surface area contributed by atoms with Crippen LogP contribution in [0.1, 0.15) is 5.56 Å². The molecule has 0 saturated heterocycles. The standard InChI is InChI=1S/C23H17FO5/c1-26-17-6-3-7-19(11-17)29-22-14-28-21-12-18(8-9-20(21)23(22)25)27-13-15-4-2-5-16(24)10-15/h2-12,14H,13H2,1H3. The van der Waals surface area contributed by atoms with Crippen LogP contribution in [0.3, 0.4) is 0 Å². The van der Waals surface area contributed by atoms with E-state index in [2.05, 4.69) is 0 Å². The highest BCUT2D eigenvalue weighted by molar-refractivity contribution is 5.79. The van der Waals surface area contributed by atoms with E-state index >= 15 is 0 Å². The largest absolute Gasteiger partial charge is 0.497 e. The van der Waals surface area contributed by atoms with Crippen LogP contribution in [0.4, 0.5) is 4.39 Å². The minimum absolute atomic E-state index is 0.0687. The van der Waals surface area contributed by atoms with Gasteiger partial charge in [0.05, 0.1) is 12.5 Å². The van der Waals surface area contributed by atoms with Crippen molar-refractivity contribution in [3.63, 3.8) is 0 Å². The quantitative estimate of drug-likeness (QED) is 0.445. The van der Waals surface area contributed by atoms with Crippen molar-refractivity contribution in [2.75, 3.05) is 7.11 Å². The second kappa shape index (κ2) is 8.06. The molecule has 0 N–H and O–H groups in total. The lowest BCUT2D eigenvalue weighted by Gasteiger charge is -2.09. The van der Waals surface area contributed by atoms with Gasteiger partial charge in [-0.1, -0.05) is 18.2 Å². The van der Waals surface area contributed by atoms with Gasteiger partial charge in [-0.15, -0.1) is 0 Å². The second-order valence-electron chi connectivity index (χ2n) is 6.29. The van der Waals surface area contributed by atoms with Gasteiger partial charge in [0, 0.05) is 12.1 Å². The smallest absolute Gasteiger partial charge is 0.235 e. The lowest BCUT2D eigenvalue weighted by molar-refractivity contribution is 0.305. The Kier molecular flexibility index (Phi) is 5.16. The monoisotopic (exact) mass is 392 g/mol. The minimum Gasteiger partial charge on any atom is -0.497 e. The van der Waals surface area contributed by atoms with Gasteiger partial charge < -0.3 is 18.6 Å². The molecule has 146 valence electrons. The van der Waals surface area contributed by atoms with E-state index in [1.807, 2.05) is 0 Å². The molecule has 6 heteroatoms. The van der Waals surface area contributed by atoms with Crippen LogP contribution in [-0.4, -0.2) is 7.11 Å². The summed E-state index contributed by atoms with van der Waals surface area (Å²) in [4.78, 5) is 12.7. The van der Waals surface area contributed by atoms with Crippen molar-refractivity contribution in [2.24, 2.45) is 0 Å². The molecule has 4 rings (SSSR count). The molecule has 0 bridgehead atoms. The molecule has 0 amide bonds. The molecule has 1 aromatic heterocycles. The number of halogens is 1. The molecule has 0 aliphatic carbocycles. The van der Waals surface area contributed by atoms with Crippen molar-refractivity contribution < 1.29 is 23.0 Å². The van der Waals surface area contributed by atoms with Gasteiger partial charge in [-0.2, -0.15) is 0 Å². The molecule has 0 spiro atoms. The fourth-order valence-electron chi connectivity index (χ4n) is 2.84. The molecule has 1 heterocycles. The van der Waals surface area contributed by atoms with Crippen molar-refractivity contribution in [3.8, 4) is 23.0 Å². The Morgan fingerprint density at radius 1 is 0.931 bits per heavy atom. The number of hydrogen-bond donors (Lipinski definition) is 0. The van der Waals surface area contributed by atoms with Crippen LogP contribution in [0.15, 0.2) is 82.2 Å². The van der Waals surface area contributed by atoms with E-state index in [0.29, 0.717) is 33.8 Å². The maximum absolute atomic E-state index is 13.3. The number of ether oxygens (including phenoxy) is 3. The summed E-state index contributed by atoms with van der Waals surface area (Å²) in [6.45, 7) is 0.199. The Hall–Kier alpha value is -3.80. The fraction of sp³-hybridized carbons (Fsp3) is 0.0870. The Labute approximate surface area is 165 Å². The lowest BCUT2D eigenvalue weighted by atomic mass is 10.2. The first-order valence-electron chi connectivity index (χ1n) is 8.87. The maximum atomic E-state index is 13.3. The van der Waals surface area contributed by atoms with Crippen LogP contribution in [0, 0.1) is 5.82 Å². The molecule has 0 radical (unpaired) electrons. The van der Waals surface area contributed by atoms with Crippen molar-refractivity contribution in [2.45, 2.75) is 6.61 Å². The van der Waals surface area contributed by atoms with Gasteiger partial charge in [0.15, 0.2) is 0 Å². The Morgan fingerprint density at radius 2 is 1.76 bits per heavy atom. The fourth-order valence-corrected chi connectivity index (χ4v) is 2.84. The van der Waals surface area contributed by atoms with Gasteiger partial charge in [0.25, 0.3) is 0 Å². The second-order valence-corrected chi connectivity index (χ2v) is 6.29. The van der Waals surface area contributed by atoms with Gasteiger partial charge in [-0.25, -0.2) is 4.39 Å². The molecule has 0 aliphatic heterocycles. The van der Waals surface area contributed by atoms with Crippen LogP contribution in [0.2, 0.25) is 0 Å². The zero-order valence-corrected chi connectivity index (χ0v) is 15.6. The van der Waals surface area contributed by atoms with Crippen LogP contribution in [0.25, 0.3) is 11.0 Å². The number of fused-ring (bicyclic) bond motifs is 1. The number of rotatable bonds is 6. The molecule has 0 fully saturated rings. The van der Waals surface area contributed by atoms with E-state index in [1.54, 1.807) is 61.7 Å². The summed E-state index contributed by atoms with van der Waals surface area (Å²) in [5, 5.41) is 0.364. The van der Waals surface area contributed by atoms with Crippen LogP contribution in [-0.2, 0) is 6.61 Å². The van der Waals surface area contributed by atoms with Crippen LogP contribution in [0.5, 0.6) is 23.0 Å². The van der Waals surface area contributed by atoms with E-state index in [-0.39, 0.29) is 23.6 Å².